The highest BCUT2D eigenvalue weighted by molar-refractivity contribution is 6.05. The van der Waals surface area contributed by atoms with Gasteiger partial charge in [-0.25, -0.2) is 0 Å². The minimum Gasteiger partial charge on any atom is -0.493 e. The van der Waals surface area contributed by atoms with Crippen LogP contribution in [0.5, 0.6) is 11.5 Å². The Labute approximate surface area is 180 Å². The van der Waals surface area contributed by atoms with Crippen molar-refractivity contribution in [2.45, 2.75) is 13.5 Å². The van der Waals surface area contributed by atoms with Gasteiger partial charge in [0.2, 0.25) is 0 Å². The van der Waals surface area contributed by atoms with E-state index >= 15 is 0 Å². The number of rotatable bonds is 8. The van der Waals surface area contributed by atoms with Crippen molar-refractivity contribution >= 4 is 17.9 Å². The second-order valence-corrected chi connectivity index (χ2v) is 6.77. The van der Waals surface area contributed by atoms with Gasteiger partial charge in [-0.15, -0.1) is 0 Å². The molecule has 0 bridgehead atoms. The number of benzene rings is 2. The van der Waals surface area contributed by atoms with Crippen molar-refractivity contribution in [3.63, 3.8) is 0 Å². The standard InChI is InChI=1S/C24H24N2O5/c1-16-6-4-7-17(12-16)15-25-24(28)20(14-19-8-5-11-31-19)26-23(27)18-9-10-21(29-2)22(13-18)30-3/h4-14H,15H2,1-3H3,(H,25,28)(H,26,27)/b20-14-. The lowest BCUT2D eigenvalue weighted by molar-refractivity contribution is -0.117. The van der Waals surface area contributed by atoms with Gasteiger partial charge in [-0.3, -0.25) is 9.59 Å². The fourth-order valence-electron chi connectivity index (χ4n) is 2.95. The Morgan fingerprint density at radius 3 is 2.48 bits per heavy atom. The van der Waals surface area contributed by atoms with Crippen LogP contribution >= 0.6 is 0 Å². The average Bonchev–Trinajstić information content (AvgIpc) is 3.29. The molecule has 0 aliphatic heterocycles. The molecule has 7 nitrogen and oxygen atoms in total. The monoisotopic (exact) mass is 420 g/mol. The fraction of sp³-hybridized carbons (Fsp3) is 0.167. The van der Waals surface area contributed by atoms with Crippen LogP contribution in [-0.4, -0.2) is 26.0 Å². The summed E-state index contributed by atoms with van der Waals surface area (Å²) in [6.45, 7) is 2.30. The van der Waals surface area contributed by atoms with Crippen LogP contribution < -0.4 is 20.1 Å². The first-order valence-electron chi connectivity index (χ1n) is 9.62. The maximum absolute atomic E-state index is 12.8. The topological polar surface area (TPSA) is 89.8 Å². The van der Waals surface area contributed by atoms with Gasteiger partial charge in [-0.05, 0) is 42.8 Å². The van der Waals surface area contributed by atoms with E-state index in [9.17, 15) is 9.59 Å². The molecule has 0 unspecified atom stereocenters. The maximum atomic E-state index is 12.8. The second kappa shape index (κ2) is 10.2. The molecule has 3 aromatic rings. The van der Waals surface area contributed by atoms with E-state index in [0.717, 1.165) is 11.1 Å². The van der Waals surface area contributed by atoms with Crippen LogP contribution in [0, 0.1) is 6.92 Å². The molecule has 7 heteroatoms. The van der Waals surface area contributed by atoms with E-state index in [1.807, 2.05) is 31.2 Å². The van der Waals surface area contributed by atoms with Gasteiger partial charge in [0.25, 0.3) is 11.8 Å². The first-order chi connectivity index (χ1) is 15.0. The van der Waals surface area contributed by atoms with Crippen molar-refractivity contribution in [3.05, 3.63) is 89.0 Å². The van der Waals surface area contributed by atoms with Crippen molar-refractivity contribution in [2.24, 2.45) is 0 Å². The minimum absolute atomic E-state index is 0.0578. The molecule has 0 radical (unpaired) electrons. The minimum atomic E-state index is -0.468. The Bertz CT molecular complexity index is 1090. The molecule has 160 valence electrons. The Morgan fingerprint density at radius 2 is 1.81 bits per heavy atom. The van der Waals surface area contributed by atoms with E-state index in [-0.39, 0.29) is 5.70 Å². The molecule has 0 saturated carbocycles. The molecule has 2 N–H and O–H groups in total. The number of hydrogen-bond donors (Lipinski definition) is 2. The zero-order chi connectivity index (χ0) is 22.2. The predicted molar refractivity (Wildman–Crippen MR) is 117 cm³/mol. The molecular weight excluding hydrogens is 396 g/mol. The molecule has 1 aromatic heterocycles. The third-order valence-corrected chi connectivity index (χ3v) is 4.50. The molecule has 2 aromatic carbocycles. The van der Waals surface area contributed by atoms with Gasteiger partial charge in [0.1, 0.15) is 11.5 Å². The molecule has 2 amide bonds. The van der Waals surface area contributed by atoms with Crippen LogP contribution in [0.3, 0.4) is 0 Å². The van der Waals surface area contributed by atoms with Crippen molar-refractivity contribution in [1.29, 1.82) is 0 Å². The van der Waals surface area contributed by atoms with E-state index in [2.05, 4.69) is 10.6 Å². The number of furan rings is 1. The largest absolute Gasteiger partial charge is 0.493 e. The number of carbonyl (C=O) groups is 2. The van der Waals surface area contributed by atoms with Gasteiger partial charge >= 0.3 is 0 Å². The van der Waals surface area contributed by atoms with Gasteiger partial charge in [0.05, 0.1) is 20.5 Å². The third-order valence-electron chi connectivity index (χ3n) is 4.50. The molecule has 0 atom stereocenters. The van der Waals surface area contributed by atoms with Crippen molar-refractivity contribution in [3.8, 4) is 11.5 Å². The predicted octanol–water partition coefficient (Wildman–Crippen LogP) is 3.69. The first kappa shape index (κ1) is 21.7. The van der Waals surface area contributed by atoms with Crippen LogP contribution in [0.15, 0.2) is 71.0 Å². The molecule has 0 fully saturated rings. The van der Waals surface area contributed by atoms with Gasteiger partial charge in [0, 0.05) is 18.2 Å². The number of carbonyl (C=O) groups excluding carboxylic acids is 2. The molecule has 0 aliphatic rings. The molecule has 0 spiro atoms. The quantitative estimate of drug-likeness (QED) is 0.543. The van der Waals surface area contributed by atoms with Gasteiger partial charge in [0.15, 0.2) is 11.5 Å². The number of aryl methyl sites for hydroxylation is 1. The van der Waals surface area contributed by atoms with Gasteiger partial charge in [-0.2, -0.15) is 0 Å². The Balaban J connectivity index is 1.79. The highest BCUT2D eigenvalue weighted by Crippen LogP contribution is 2.27. The Hall–Kier alpha value is -4.00. The molecule has 1 heterocycles. The summed E-state index contributed by atoms with van der Waals surface area (Å²) in [6.07, 6.45) is 2.97. The highest BCUT2D eigenvalue weighted by Gasteiger charge is 2.17. The zero-order valence-corrected chi connectivity index (χ0v) is 17.6. The average molecular weight is 420 g/mol. The van der Waals surface area contributed by atoms with E-state index in [0.29, 0.717) is 29.4 Å². The molecule has 31 heavy (non-hydrogen) atoms. The van der Waals surface area contributed by atoms with Crippen molar-refractivity contribution < 1.29 is 23.5 Å². The van der Waals surface area contributed by atoms with E-state index in [1.165, 1.54) is 26.6 Å². The summed E-state index contributed by atoms with van der Waals surface area (Å²) in [7, 11) is 3.00. The lowest BCUT2D eigenvalue weighted by Crippen LogP contribution is -2.34. The summed E-state index contributed by atoms with van der Waals surface area (Å²) >= 11 is 0. The summed E-state index contributed by atoms with van der Waals surface area (Å²) in [6, 6.07) is 16.0. The summed E-state index contributed by atoms with van der Waals surface area (Å²) in [5.74, 6) is 0.446. The molecule has 0 aliphatic carbocycles. The summed E-state index contributed by atoms with van der Waals surface area (Å²) in [4.78, 5) is 25.7. The molecule has 0 saturated heterocycles. The first-order valence-corrected chi connectivity index (χ1v) is 9.62. The Kier molecular flexibility index (Phi) is 7.11. The number of methoxy groups -OCH3 is 2. The summed E-state index contributed by atoms with van der Waals surface area (Å²) in [5.41, 5.74) is 2.42. The Morgan fingerprint density at radius 1 is 1.00 bits per heavy atom. The van der Waals surface area contributed by atoms with Crippen LogP contribution in [0.4, 0.5) is 0 Å². The number of nitrogens with one attached hydrogen (secondary N) is 2. The normalized spacial score (nSPS) is 11.0. The second-order valence-electron chi connectivity index (χ2n) is 6.77. The van der Waals surface area contributed by atoms with Crippen LogP contribution in [0.2, 0.25) is 0 Å². The lowest BCUT2D eigenvalue weighted by atomic mass is 10.1. The van der Waals surface area contributed by atoms with E-state index < -0.39 is 11.8 Å². The molecule has 3 rings (SSSR count). The van der Waals surface area contributed by atoms with Crippen LogP contribution in [0.25, 0.3) is 6.08 Å². The van der Waals surface area contributed by atoms with Crippen molar-refractivity contribution in [1.82, 2.24) is 10.6 Å². The molecular formula is C24H24N2O5. The smallest absolute Gasteiger partial charge is 0.268 e. The van der Waals surface area contributed by atoms with Crippen LogP contribution in [0.1, 0.15) is 27.2 Å². The third kappa shape index (κ3) is 5.76. The summed E-state index contributed by atoms with van der Waals surface area (Å²) < 4.78 is 15.7. The van der Waals surface area contributed by atoms with E-state index in [1.54, 1.807) is 30.3 Å². The summed E-state index contributed by atoms with van der Waals surface area (Å²) in [5, 5.41) is 5.49. The van der Waals surface area contributed by atoms with Crippen molar-refractivity contribution in [2.75, 3.05) is 14.2 Å². The van der Waals surface area contributed by atoms with E-state index in [4.69, 9.17) is 13.9 Å². The zero-order valence-electron chi connectivity index (χ0n) is 17.6. The van der Waals surface area contributed by atoms with Crippen LogP contribution in [-0.2, 0) is 11.3 Å². The van der Waals surface area contributed by atoms with Gasteiger partial charge < -0.3 is 24.5 Å². The number of amides is 2. The lowest BCUT2D eigenvalue weighted by Gasteiger charge is -2.13. The fourth-order valence-corrected chi connectivity index (χ4v) is 2.95. The SMILES string of the molecule is COc1ccc(C(=O)N/C(=C\c2ccco2)C(=O)NCc2cccc(C)c2)cc1OC. The number of hydrogen-bond acceptors (Lipinski definition) is 5. The maximum Gasteiger partial charge on any atom is 0.268 e. The van der Waals surface area contributed by atoms with Gasteiger partial charge in [-0.1, -0.05) is 29.8 Å². The number of ether oxygens (including phenoxy) is 2. The highest BCUT2D eigenvalue weighted by atomic mass is 16.5.